The van der Waals surface area contributed by atoms with E-state index in [0.29, 0.717) is 11.8 Å². The van der Waals surface area contributed by atoms with Crippen molar-refractivity contribution in [3.8, 4) is 0 Å². The Labute approximate surface area is 138 Å². The van der Waals surface area contributed by atoms with Crippen LogP contribution < -0.4 is 5.73 Å². The first kappa shape index (κ1) is 16.4. The molecule has 2 fully saturated rings. The van der Waals surface area contributed by atoms with Crippen LogP contribution in [-0.2, 0) is 4.79 Å². The van der Waals surface area contributed by atoms with Gasteiger partial charge in [0.05, 0.1) is 6.04 Å². The van der Waals surface area contributed by atoms with Gasteiger partial charge in [-0.3, -0.25) is 4.79 Å². The third-order valence-corrected chi connectivity index (χ3v) is 6.04. The summed E-state index contributed by atoms with van der Waals surface area (Å²) < 4.78 is 13.1. The number of carbonyl (C=O) groups is 1. The van der Waals surface area contributed by atoms with Crippen molar-refractivity contribution in [1.29, 1.82) is 0 Å². The highest BCUT2D eigenvalue weighted by molar-refractivity contribution is 5.79. The molecule has 1 aromatic carbocycles. The van der Waals surface area contributed by atoms with Crippen LogP contribution in [0.15, 0.2) is 24.3 Å². The van der Waals surface area contributed by atoms with E-state index in [1.54, 1.807) is 12.1 Å². The van der Waals surface area contributed by atoms with E-state index in [1.165, 1.54) is 31.4 Å². The van der Waals surface area contributed by atoms with Crippen molar-refractivity contribution in [2.24, 2.45) is 23.5 Å². The number of halogens is 1. The van der Waals surface area contributed by atoms with Crippen molar-refractivity contribution in [2.45, 2.75) is 51.1 Å². The van der Waals surface area contributed by atoms with Crippen LogP contribution in [0, 0.1) is 23.6 Å². The molecule has 2 saturated carbocycles. The average molecular weight is 318 g/mol. The van der Waals surface area contributed by atoms with E-state index >= 15 is 0 Å². The molecule has 0 aliphatic heterocycles. The highest BCUT2D eigenvalue weighted by Crippen LogP contribution is 2.42. The zero-order valence-electron chi connectivity index (χ0n) is 14.0. The fourth-order valence-electron chi connectivity index (χ4n) is 4.43. The molecule has 3 nitrogen and oxygen atoms in total. The Morgan fingerprint density at radius 1 is 1.22 bits per heavy atom. The summed E-state index contributed by atoms with van der Waals surface area (Å²) in [5.74, 6) is 1.07. The summed E-state index contributed by atoms with van der Waals surface area (Å²) in [4.78, 5) is 14.8. The fourth-order valence-corrected chi connectivity index (χ4v) is 4.43. The monoisotopic (exact) mass is 318 g/mol. The van der Waals surface area contributed by atoms with Crippen molar-refractivity contribution in [3.05, 3.63) is 35.6 Å². The van der Waals surface area contributed by atoms with Crippen molar-refractivity contribution >= 4 is 5.91 Å². The molecule has 126 valence electrons. The Morgan fingerprint density at radius 3 is 2.35 bits per heavy atom. The smallest absolute Gasteiger partial charge is 0.225 e. The fraction of sp³-hybridized carbons (Fsp3) is 0.632. The summed E-state index contributed by atoms with van der Waals surface area (Å²) in [6.45, 7) is 2.00. The van der Waals surface area contributed by atoms with E-state index < -0.39 is 0 Å². The molecule has 0 heterocycles. The normalized spacial score (nSPS) is 31.5. The molecule has 0 radical (unpaired) electrons. The number of carbonyl (C=O) groups excluding carboxylic acids is 1. The van der Waals surface area contributed by atoms with Gasteiger partial charge in [-0.15, -0.1) is 0 Å². The second-order valence-electron chi connectivity index (χ2n) is 7.37. The van der Waals surface area contributed by atoms with Crippen molar-refractivity contribution in [3.63, 3.8) is 0 Å². The molecular weight excluding hydrogens is 291 g/mol. The second kappa shape index (κ2) is 6.60. The Balaban J connectivity index is 1.68. The molecule has 2 bridgehead atoms. The van der Waals surface area contributed by atoms with Crippen LogP contribution in [0.25, 0.3) is 0 Å². The maximum Gasteiger partial charge on any atom is 0.225 e. The van der Waals surface area contributed by atoms with Gasteiger partial charge in [0.15, 0.2) is 0 Å². The first-order valence-electron chi connectivity index (χ1n) is 8.75. The van der Waals surface area contributed by atoms with E-state index in [-0.39, 0.29) is 29.7 Å². The molecular formula is C19H27FN2O. The summed E-state index contributed by atoms with van der Waals surface area (Å²) >= 11 is 0. The van der Waals surface area contributed by atoms with Crippen LogP contribution in [0.5, 0.6) is 0 Å². The highest BCUT2D eigenvalue weighted by atomic mass is 19.1. The van der Waals surface area contributed by atoms with Crippen LogP contribution in [0.4, 0.5) is 4.39 Å². The second-order valence-corrected chi connectivity index (χ2v) is 7.37. The number of fused-ring (bicyclic) bond motifs is 2. The van der Waals surface area contributed by atoms with Crippen LogP contribution in [-0.4, -0.2) is 23.9 Å². The molecule has 4 heteroatoms. The van der Waals surface area contributed by atoms with Crippen molar-refractivity contribution in [2.75, 3.05) is 7.05 Å². The van der Waals surface area contributed by atoms with Gasteiger partial charge in [-0.05, 0) is 62.1 Å². The number of benzene rings is 1. The van der Waals surface area contributed by atoms with E-state index in [2.05, 4.69) is 0 Å². The molecule has 2 N–H and O–H groups in total. The standard InChI is InChI=1S/C19H27FN2O/c1-12(13-6-8-17(20)9-7-13)22(2)19(23)16-10-14-4-3-5-15(11-16)18(14)21/h6-9,12,14-16,18H,3-5,10-11,21H2,1-2H3. The van der Waals surface area contributed by atoms with Gasteiger partial charge >= 0.3 is 0 Å². The van der Waals surface area contributed by atoms with Gasteiger partial charge in [-0.2, -0.15) is 0 Å². The van der Waals surface area contributed by atoms with E-state index in [0.717, 1.165) is 18.4 Å². The first-order valence-corrected chi connectivity index (χ1v) is 8.75. The molecule has 3 rings (SSSR count). The van der Waals surface area contributed by atoms with E-state index in [9.17, 15) is 9.18 Å². The lowest BCUT2D eigenvalue weighted by molar-refractivity contribution is -0.139. The van der Waals surface area contributed by atoms with E-state index in [1.807, 2.05) is 18.9 Å². The van der Waals surface area contributed by atoms with Crippen LogP contribution in [0.2, 0.25) is 0 Å². The first-order chi connectivity index (χ1) is 11.0. The topological polar surface area (TPSA) is 46.3 Å². The Morgan fingerprint density at radius 2 is 1.78 bits per heavy atom. The third-order valence-electron chi connectivity index (χ3n) is 6.04. The highest BCUT2D eigenvalue weighted by Gasteiger charge is 2.41. The summed E-state index contributed by atoms with van der Waals surface area (Å²) in [5.41, 5.74) is 7.29. The van der Waals surface area contributed by atoms with Gasteiger partial charge in [0.2, 0.25) is 5.91 Å². The Kier molecular flexibility index (Phi) is 4.72. The molecule has 2 aliphatic carbocycles. The van der Waals surface area contributed by atoms with E-state index in [4.69, 9.17) is 5.73 Å². The number of rotatable bonds is 3. The third kappa shape index (κ3) is 3.27. The van der Waals surface area contributed by atoms with Gasteiger partial charge in [0.25, 0.3) is 0 Å². The zero-order valence-corrected chi connectivity index (χ0v) is 14.0. The molecule has 1 aromatic rings. The largest absolute Gasteiger partial charge is 0.339 e. The van der Waals surface area contributed by atoms with Gasteiger partial charge in [-0.1, -0.05) is 18.6 Å². The minimum Gasteiger partial charge on any atom is -0.339 e. The quantitative estimate of drug-likeness (QED) is 0.927. The van der Waals surface area contributed by atoms with Crippen LogP contribution in [0.1, 0.15) is 50.6 Å². The molecule has 0 saturated heterocycles. The minimum absolute atomic E-state index is 0.0430. The van der Waals surface area contributed by atoms with Crippen molar-refractivity contribution < 1.29 is 9.18 Å². The number of nitrogens with two attached hydrogens (primary N) is 1. The van der Waals surface area contributed by atoms with Gasteiger partial charge in [0, 0.05) is 19.0 Å². The minimum atomic E-state index is -0.246. The van der Waals surface area contributed by atoms with Crippen LogP contribution in [0.3, 0.4) is 0 Å². The average Bonchev–Trinajstić information content (AvgIpc) is 2.53. The molecule has 1 amide bonds. The lowest BCUT2D eigenvalue weighted by Crippen LogP contribution is -2.49. The molecule has 3 atom stereocenters. The molecule has 0 aromatic heterocycles. The lowest BCUT2D eigenvalue weighted by Gasteiger charge is -2.44. The lowest BCUT2D eigenvalue weighted by atomic mass is 9.65. The number of nitrogens with zero attached hydrogens (tertiary/aromatic N) is 1. The van der Waals surface area contributed by atoms with Gasteiger partial charge < -0.3 is 10.6 Å². The predicted molar refractivity (Wildman–Crippen MR) is 89.1 cm³/mol. The van der Waals surface area contributed by atoms with Crippen molar-refractivity contribution in [1.82, 2.24) is 4.90 Å². The SMILES string of the molecule is CC(c1ccc(F)cc1)N(C)C(=O)C1CC2CCCC(C1)C2N. The number of hydrogen-bond acceptors (Lipinski definition) is 2. The molecule has 0 spiro atoms. The maximum absolute atomic E-state index is 13.1. The molecule has 2 aliphatic rings. The summed E-state index contributed by atoms with van der Waals surface area (Å²) in [5, 5.41) is 0. The molecule has 23 heavy (non-hydrogen) atoms. The predicted octanol–water partition coefficient (Wildman–Crippen LogP) is 3.50. The Hall–Kier alpha value is -1.42. The maximum atomic E-state index is 13.1. The van der Waals surface area contributed by atoms with Crippen LogP contribution >= 0.6 is 0 Å². The number of amides is 1. The number of hydrogen-bond donors (Lipinski definition) is 1. The van der Waals surface area contributed by atoms with Gasteiger partial charge in [0.1, 0.15) is 5.82 Å². The summed E-state index contributed by atoms with van der Waals surface area (Å²) in [6, 6.07) is 6.67. The molecule has 3 unspecified atom stereocenters. The zero-order chi connectivity index (χ0) is 16.6. The Bertz CT molecular complexity index is 545. The summed E-state index contributed by atoms with van der Waals surface area (Å²) in [7, 11) is 1.86. The van der Waals surface area contributed by atoms with Gasteiger partial charge in [-0.25, -0.2) is 4.39 Å². The summed E-state index contributed by atoms with van der Waals surface area (Å²) in [6.07, 6.45) is 5.44.